The number of halogens is 3. The van der Waals surface area contributed by atoms with Crippen molar-refractivity contribution in [3.05, 3.63) is 29.8 Å². The van der Waals surface area contributed by atoms with E-state index in [0.29, 0.717) is 17.7 Å². The van der Waals surface area contributed by atoms with Gasteiger partial charge in [0.1, 0.15) is 5.75 Å². The van der Waals surface area contributed by atoms with Crippen molar-refractivity contribution in [2.75, 3.05) is 0 Å². The molecule has 1 heterocycles. The molecule has 0 aliphatic carbocycles. The molecule has 1 aromatic carbocycles. The van der Waals surface area contributed by atoms with E-state index in [1.165, 1.54) is 12.1 Å². The number of hydrogen-bond acceptors (Lipinski definition) is 6. The van der Waals surface area contributed by atoms with Crippen molar-refractivity contribution in [1.29, 1.82) is 0 Å². The molecule has 0 radical (unpaired) electrons. The second kappa shape index (κ2) is 8.62. The number of carbonyl (C=O) groups excluding carboxylic acids is 1. The van der Waals surface area contributed by atoms with Gasteiger partial charge >= 0.3 is 13.5 Å². The highest BCUT2D eigenvalue weighted by Gasteiger charge is 2.34. The summed E-state index contributed by atoms with van der Waals surface area (Å²) in [4.78, 5) is 17.3. The van der Waals surface area contributed by atoms with Crippen LogP contribution in [0, 0.1) is 5.92 Å². The molecular formula is C16H20BF3N2O5. The van der Waals surface area contributed by atoms with Crippen LogP contribution in [0.1, 0.15) is 32.3 Å². The Bertz CT molecular complexity index is 680. The Morgan fingerprint density at radius 3 is 2.52 bits per heavy atom. The van der Waals surface area contributed by atoms with Crippen LogP contribution in [0.3, 0.4) is 0 Å². The third-order valence-electron chi connectivity index (χ3n) is 3.80. The zero-order chi connectivity index (χ0) is 20.2. The number of rotatable bonds is 7. The predicted octanol–water partition coefficient (Wildman–Crippen LogP) is 1.62. The van der Waals surface area contributed by atoms with Crippen LogP contribution in [-0.4, -0.2) is 47.2 Å². The van der Waals surface area contributed by atoms with Gasteiger partial charge in [-0.15, -0.1) is 13.2 Å². The van der Waals surface area contributed by atoms with Crippen molar-refractivity contribution < 1.29 is 37.6 Å². The molecule has 11 heteroatoms. The highest BCUT2D eigenvalue weighted by atomic mass is 19.4. The van der Waals surface area contributed by atoms with Gasteiger partial charge in [-0.25, -0.2) is 0 Å². The maximum absolute atomic E-state index is 12.3. The first-order valence-electron chi connectivity index (χ1n) is 8.30. The SMILES string of the molecule is CC(C)CC(NC(=O)C1CC(c2ccc(OC(F)(F)F)cc2)=NO1)B(O)O. The van der Waals surface area contributed by atoms with E-state index in [0.717, 1.165) is 12.1 Å². The molecule has 148 valence electrons. The van der Waals surface area contributed by atoms with Crippen molar-refractivity contribution in [1.82, 2.24) is 5.32 Å². The fourth-order valence-electron chi connectivity index (χ4n) is 2.58. The van der Waals surface area contributed by atoms with E-state index < -0.39 is 31.4 Å². The molecule has 2 atom stereocenters. The van der Waals surface area contributed by atoms with Crippen molar-refractivity contribution in [2.24, 2.45) is 11.1 Å². The number of benzene rings is 1. The van der Waals surface area contributed by atoms with Crippen LogP contribution in [0.2, 0.25) is 0 Å². The molecule has 1 amide bonds. The van der Waals surface area contributed by atoms with E-state index >= 15 is 0 Å². The quantitative estimate of drug-likeness (QED) is 0.617. The summed E-state index contributed by atoms with van der Waals surface area (Å²) in [6.07, 6.45) is -5.27. The topological polar surface area (TPSA) is 100 Å². The number of amides is 1. The highest BCUT2D eigenvalue weighted by molar-refractivity contribution is 6.43. The zero-order valence-electron chi connectivity index (χ0n) is 14.7. The summed E-state index contributed by atoms with van der Waals surface area (Å²) >= 11 is 0. The third kappa shape index (κ3) is 6.44. The van der Waals surface area contributed by atoms with E-state index in [1.54, 1.807) is 0 Å². The number of oxime groups is 1. The number of nitrogens with one attached hydrogen (secondary N) is 1. The Morgan fingerprint density at radius 1 is 1.37 bits per heavy atom. The lowest BCUT2D eigenvalue weighted by atomic mass is 9.75. The van der Waals surface area contributed by atoms with Crippen LogP contribution in [0.4, 0.5) is 13.2 Å². The normalized spacial score (nSPS) is 17.9. The van der Waals surface area contributed by atoms with Crippen molar-refractivity contribution in [2.45, 2.75) is 45.1 Å². The number of hydrogen-bond donors (Lipinski definition) is 3. The molecular weight excluding hydrogens is 368 g/mol. The molecule has 2 rings (SSSR count). The second-order valence-corrected chi connectivity index (χ2v) is 6.57. The second-order valence-electron chi connectivity index (χ2n) is 6.57. The molecule has 1 aliphatic heterocycles. The number of carbonyl (C=O) groups is 1. The molecule has 0 saturated carbocycles. The summed E-state index contributed by atoms with van der Waals surface area (Å²) < 4.78 is 40.3. The van der Waals surface area contributed by atoms with Gasteiger partial charge in [-0.3, -0.25) is 4.79 Å². The summed E-state index contributed by atoms with van der Waals surface area (Å²) in [6.45, 7) is 3.75. The van der Waals surface area contributed by atoms with Crippen LogP contribution in [-0.2, 0) is 9.63 Å². The zero-order valence-corrected chi connectivity index (χ0v) is 14.7. The Hall–Kier alpha value is -2.27. The van der Waals surface area contributed by atoms with Gasteiger partial charge < -0.3 is 24.9 Å². The van der Waals surface area contributed by atoms with Gasteiger partial charge in [-0.2, -0.15) is 0 Å². The maximum Gasteiger partial charge on any atom is 0.573 e. The third-order valence-corrected chi connectivity index (χ3v) is 3.80. The lowest BCUT2D eigenvalue weighted by molar-refractivity contribution is -0.274. The fraction of sp³-hybridized carbons (Fsp3) is 0.500. The average molecular weight is 388 g/mol. The lowest BCUT2D eigenvalue weighted by Crippen LogP contribution is -2.50. The van der Waals surface area contributed by atoms with Crippen LogP contribution in [0.15, 0.2) is 29.4 Å². The lowest BCUT2D eigenvalue weighted by Gasteiger charge is -2.20. The van der Waals surface area contributed by atoms with Crippen LogP contribution < -0.4 is 10.1 Å². The van der Waals surface area contributed by atoms with Gasteiger partial charge in [0.2, 0.25) is 6.10 Å². The molecule has 1 aromatic rings. The smallest absolute Gasteiger partial charge is 0.426 e. The molecule has 0 saturated heterocycles. The molecule has 2 unspecified atom stereocenters. The molecule has 27 heavy (non-hydrogen) atoms. The Kier molecular flexibility index (Phi) is 6.71. The average Bonchev–Trinajstić information content (AvgIpc) is 3.03. The Labute approximate surface area is 154 Å². The van der Waals surface area contributed by atoms with Gasteiger partial charge in [-0.05, 0) is 42.2 Å². The van der Waals surface area contributed by atoms with E-state index in [9.17, 15) is 28.0 Å². The summed E-state index contributed by atoms with van der Waals surface area (Å²) in [5.41, 5.74) is 0.874. The molecule has 1 aliphatic rings. The first-order chi connectivity index (χ1) is 12.5. The molecule has 3 N–H and O–H groups in total. The highest BCUT2D eigenvalue weighted by Crippen LogP contribution is 2.24. The first kappa shape index (κ1) is 21.0. The molecule has 0 spiro atoms. The van der Waals surface area contributed by atoms with Crippen molar-refractivity contribution >= 4 is 18.7 Å². The fourth-order valence-corrected chi connectivity index (χ4v) is 2.58. The Balaban J connectivity index is 1.94. The minimum atomic E-state index is -4.78. The minimum Gasteiger partial charge on any atom is -0.426 e. The minimum absolute atomic E-state index is 0.0984. The van der Waals surface area contributed by atoms with E-state index in [-0.39, 0.29) is 18.1 Å². The largest absolute Gasteiger partial charge is 0.573 e. The molecule has 7 nitrogen and oxygen atoms in total. The monoisotopic (exact) mass is 388 g/mol. The summed E-state index contributed by atoms with van der Waals surface area (Å²) in [5.74, 6) is -1.63. The van der Waals surface area contributed by atoms with Gasteiger partial charge in [0.25, 0.3) is 5.91 Å². The summed E-state index contributed by atoms with van der Waals surface area (Å²) in [6, 6.07) is 5.03. The van der Waals surface area contributed by atoms with Crippen molar-refractivity contribution in [3.8, 4) is 5.75 Å². The number of ether oxygens (including phenoxy) is 1. The summed E-state index contributed by atoms with van der Waals surface area (Å²) in [7, 11) is -1.71. The van der Waals surface area contributed by atoms with Crippen LogP contribution >= 0.6 is 0 Å². The predicted molar refractivity (Wildman–Crippen MR) is 90.7 cm³/mol. The van der Waals surface area contributed by atoms with Gasteiger partial charge in [0.05, 0.1) is 11.7 Å². The van der Waals surface area contributed by atoms with Gasteiger partial charge in [0, 0.05) is 6.42 Å². The van der Waals surface area contributed by atoms with Gasteiger partial charge in [-0.1, -0.05) is 19.0 Å². The van der Waals surface area contributed by atoms with Gasteiger partial charge in [0.15, 0.2) is 0 Å². The van der Waals surface area contributed by atoms with E-state index in [1.807, 2.05) is 13.8 Å². The first-order valence-corrected chi connectivity index (χ1v) is 8.30. The van der Waals surface area contributed by atoms with Crippen molar-refractivity contribution in [3.63, 3.8) is 0 Å². The van der Waals surface area contributed by atoms with E-state index in [2.05, 4.69) is 15.2 Å². The van der Waals surface area contributed by atoms with E-state index in [4.69, 9.17) is 4.84 Å². The van der Waals surface area contributed by atoms with Crippen LogP contribution in [0.5, 0.6) is 5.75 Å². The molecule has 0 bridgehead atoms. The Morgan fingerprint density at radius 2 is 2.00 bits per heavy atom. The maximum atomic E-state index is 12.3. The van der Waals surface area contributed by atoms with Crippen LogP contribution in [0.25, 0.3) is 0 Å². The summed E-state index contributed by atoms with van der Waals surface area (Å²) in [5, 5.41) is 25.0. The standard InChI is InChI=1S/C16H20BF3N2O5/c1-9(2)7-14(17(24)25)21-15(23)13-8-12(22-27-13)10-3-5-11(6-4-10)26-16(18,19)20/h3-6,9,13-14,24-25H,7-8H2,1-2H3,(H,21,23). The molecule has 0 aromatic heterocycles. The number of nitrogens with zero attached hydrogens (tertiary/aromatic N) is 1. The molecule has 0 fully saturated rings. The number of alkyl halides is 3.